The number of oxazole rings is 1. The topological polar surface area (TPSA) is 134 Å². The average Bonchev–Trinajstić information content (AvgIpc) is 3.57. The third-order valence-electron chi connectivity index (χ3n) is 5.53. The van der Waals surface area contributed by atoms with Crippen LogP contribution in [-0.4, -0.2) is 57.0 Å². The van der Waals surface area contributed by atoms with Crippen LogP contribution in [0.1, 0.15) is 59.4 Å². The Labute approximate surface area is 224 Å². The second-order valence-corrected chi connectivity index (χ2v) is 9.66. The number of ketones is 1. The fourth-order valence-electron chi connectivity index (χ4n) is 3.58. The lowest BCUT2D eigenvalue weighted by atomic mass is 10.0. The molecular formula is C25H26F4N4O5S. The van der Waals surface area contributed by atoms with Gasteiger partial charge in [-0.2, -0.15) is 13.2 Å². The van der Waals surface area contributed by atoms with Crippen molar-refractivity contribution in [3.63, 3.8) is 0 Å². The smallest absolute Gasteiger partial charge is 0.389 e. The monoisotopic (exact) mass is 570 g/mol. The molecule has 0 radical (unpaired) electrons. The van der Waals surface area contributed by atoms with Gasteiger partial charge in [-0.05, 0) is 50.8 Å². The molecule has 1 aromatic carbocycles. The minimum Gasteiger partial charge on any atom is -0.431 e. The summed E-state index contributed by atoms with van der Waals surface area (Å²) in [6.07, 6.45) is -4.67. The molecule has 2 aromatic heterocycles. The van der Waals surface area contributed by atoms with Crippen molar-refractivity contribution in [3.8, 4) is 11.5 Å². The Bertz CT molecular complexity index is 1260. The number of carbonyl (C=O) groups is 3. The van der Waals surface area contributed by atoms with Gasteiger partial charge in [0.2, 0.25) is 23.3 Å². The Balaban J connectivity index is 1.75. The summed E-state index contributed by atoms with van der Waals surface area (Å²) in [6.45, 7) is 1.48. The Morgan fingerprint density at radius 2 is 1.87 bits per heavy atom. The van der Waals surface area contributed by atoms with Crippen LogP contribution in [0.15, 0.2) is 46.5 Å². The highest BCUT2D eigenvalue weighted by atomic mass is 32.1. The summed E-state index contributed by atoms with van der Waals surface area (Å²) < 4.78 is 57.0. The molecule has 3 rings (SSSR count). The maximum Gasteiger partial charge on any atom is 0.389 e. The molecular weight excluding hydrogens is 544 g/mol. The number of amides is 2. The number of aromatic nitrogens is 2. The van der Waals surface area contributed by atoms with Gasteiger partial charge < -0.3 is 20.2 Å². The molecule has 0 saturated heterocycles. The molecule has 3 aromatic rings. The number of Topliss-reactive ketones (excluding diaryl/α,β-unsaturated/α-hetero) is 1. The van der Waals surface area contributed by atoms with Gasteiger partial charge in [-0.3, -0.25) is 14.4 Å². The number of nitrogens with one attached hydrogen (secondary N) is 2. The number of aliphatic hydroxyl groups excluding tert-OH is 1. The van der Waals surface area contributed by atoms with Gasteiger partial charge in [-0.1, -0.05) is 6.07 Å². The van der Waals surface area contributed by atoms with E-state index in [-0.39, 0.29) is 41.5 Å². The zero-order valence-electron chi connectivity index (χ0n) is 20.7. The first-order chi connectivity index (χ1) is 18.4. The first kappa shape index (κ1) is 29.9. The number of halogens is 4. The summed E-state index contributed by atoms with van der Waals surface area (Å²) in [6, 6.07) is 2.74. The molecule has 2 heterocycles. The number of alkyl halides is 3. The molecule has 0 aliphatic carbocycles. The van der Waals surface area contributed by atoms with Gasteiger partial charge >= 0.3 is 6.18 Å². The van der Waals surface area contributed by atoms with Crippen LogP contribution in [0.3, 0.4) is 0 Å². The normalized spacial score (nSPS) is 13.9. The molecule has 14 heteroatoms. The average molecular weight is 571 g/mol. The maximum absolute atomic E-state index is 13.5. The minimum absolute atomic E-state index is 0.0170. The SMILES string of the molecule is CC(O)CC[C@H](NC(=O)c1cnc(-c2cccc(F)c2)o1)C(=O)N[C@@H](CCCC(F)(F)F)C(=O)c1nccs1. The molecule has 0 spiro atoms. The zero-order chi connectivity index (χ0) is 28.6. The van der Waals surface area contributed by atoms with Crippen molar-refractivity contribution in [2.24, 2.45) is 0 Å². The highest BCUT2D eigenvalue weighted by Crippen LogP contribution is 2.24. The molecule has 2 amide bonds. The van der Waals surface area contributed by atoms with Crippen molar-refractivity contribution in [2.45, 2.75) is 63.4 Å². The number of nitrogens with zero attached hydrogens (tertiary/aromatic N) is 2. The van der Waals surface area contributed by atoms with Crippen LogP contribution in [-0.2, 0) is 4.79 Å². The molecule has 1 unspecified atom stereocenters. The van der Waals surface area contributed by atoms with Gasteiger partial charge in [0.15, 0.2) is 5.01 Å². The lowest BCUT2D eigenvalue weighted by molar-refractivity contribution is -0.135. The highest BCUT2D eigenvalue weighted by molar-refractivity contribution is 7.11. The Kier molecular flexibility index (Phi) is 10.3. The number of thiazole rings is 1. The van der Waals surface area contributed by atoms with E-state index in [0.29, 0.717) is 0 Å². The number of hydrogen-bond donors (Lipinski definition) is 3. The summed E-state index contributed by atoms with van der Waals surface area (Å²) in [5.74, 6) is -3.21. The molecule has 3 N–H and O–H groups in total. The molecule has 0 bridgehead atoms. The van der Waals surface area contributed by atoms with E-state index < -0.39 is 60.6 Å². The summed E-state index contributed by atoms with van der Waals surface area (Å²) in [5, 5.41) is 16.1. The second-order valence-electron chi connectivity index (χ2n) is 8.76. The van der Waals surface area contributed by atoms with E-state index in [9.17, 15) is 37.1 Å². The Morgan fingerprint density at radius 1 is 1.10 bits per heavy atom. The van der Waals surface area contributed by atoms with Crippen LogP contribution in [0.4, 0.5) is 17.6 Å². The first-order valence-corrected chi connectivity index (χ1v) is 12.8. The predicted octanol–water partition coefficient (Wildman–Crippen LogP) is 4.30. The predicted molar refractivity (Wildman–Crippen MR) is 132 cm³/mol. The lowest BCUT2D eigenvalue weighted by Gasteiger charge is -2.23. The van der Waals surface area contributed by atoms with E-state index in [1.807, 2.05) is 0 Å². The zero-order valence-corrected chi connectivity index (χ0v) is 21.5. The van der Waals surface area contributed by atoms with Crippen LogP contribution in [0.5, 0.6) is 0 Å². The van der Waals surface area contributed by atoms with Crippen LogP contribution in [0.2, 0.25) is 0 Å². The quantitative estimate of drug-likeness (QED) is 0.206. The largest absolute Gasteiger partial charge is 0.431 e. The summed E-state index contributed by atoms with van der Waals surface area (Å²) in [7, 11) is 0. The van der Waals surface area contributed by atoms with Crippen molar-refractivity contribution in [1.29, 1.82) is 0 Å². The van der Waals surface area contributed by atoms with Gasteiger partial charge in [-0.25, -0.2) is 14.4 Å². The van der Waals surface area contributed by atoms with Gasteiger partial charge in [0.1, 0.15) is 11.9 Å². The number of aliphatic hydroxyl groups is 1. The molecule has 3 atom stereocenters. The Morgan fingerprint density at radius 3 is 2.51 bits per heavy atom. The van der Waals surface area contributed by atoms with Crippen molar-refractivity contribution in [1.82, 2.24) is 20.6 Å². The molecule has 9 nitrogen and oxygen atoms in total. The van der Waals surface area contributed by atoms with Crippen molar-refractivity contribution in [2.75, 3.05) is 0 Å². The lowest BCUT2D eigenvalue weighted by Crippen LogP contribution is -2.51. The third-order valence-corrected chi connectivity index (χ3v) is 6.31. The van der Waals surface area contributed by atoms with Crippen LogP contribution in [0.25, 0.3) is 11.5 Å². The van der Waals surface area contributed by atoms with E-state index in [2.05, 4.69) is 20.6 Å². The van der Waals surface area contributed by atoms with Gasteiger partial charge in [-0.15, -0.1) is 11.3 Å². The molecule has 39 heavy (non-hydrogen) atoms. The van der Waals surface area contributed by atoms with Crippen LogP contribution < -0.4 is 10.6 Å². The first-order valence-electron chi connectivity index (χ1n) is 11.9. The summed E-state index contributed by atoms with van der Waals surface area (Å²) in [4.78, 5) is 46.7. The third kappa shape index (κ3) is 9.25. The summed E-state index contributed by atoms with van der Waals surface area (Å²) in [5.41, 5.74) is 0.278. The molecule has 210 valence electrons. The van der Waals surface area contributed by atoms with E-state index in [4.69, 9.17) is 4.42 Å². The fraction of sp³-hybridized carbons (Fsp3) is 0.400. The minimum atomic E-state index is -4.44. The number of benzene rings is 1. The number of carbonyl (C=O) groups excluding carboxylic acids is 3. The Hall–Kier alpha value is -3.65. The molecule has 0 aliphatic heterocycles. The van der Waals surface area contributed by atoms with E-state index in [1.165, 1.54) is 36.7 Å². The van der Waals surface area contributed by atoms with E-state index >= 15 is 0 Å². The second kappa shape index (κ2) is 13.4. The van der Waals surface area contributed by atoms with Gasteiger partial charge in [0, 0.05) is 23.6 Å². The van der Waals surface area contributed by atoms with Crippen molar-refractivity contribution < 1.29 is 41.5 Å². The van der Waals surface area contributed by atoms with Crippen molar-refractivity contribution in [3.05, 3.63) is 58.6 Å². The maximum atomic E-state index is 13.5. The summed E-state index contributed by atoms with van der Waals surface area (Å²) >= 11 is 0.977. The van der Waals surface area contributed by atoms with Crippen LogP contribution in [0, 0.1) is 5.82 Å². The van der Waals surface area contributed by atoms with Crippen LogP contribution >= 0.6 is 11.3 Å². The standard InChI is InChI=1S/C25H26F4N4O5S/c1-14(34)7-8-18(33-22(37)19-13-31-23(38-19)15-4-2-5-16(26)12-15)21(36)32-17(6-3-9-25(27,28)29)20(35)24-30-10-11-39-24/h2,4-5,10-14,17-18,34H,3,6-9H2,1H3,(H,32,36)(H,33,37)/t14?,17-,18-/m0/s1. The molecule has 0 saturated carbocycles. The van der Waals surface area contributed by atoms with Crippen molar-refractivity contribution >= 4 is 28.9 Å². The fourth-order valence-corrected chi connectivity index (χ4v) is 4.21. The molecule has 0 fully saturated rings. The van der Waals surface area contributed by atoms with Gasteiger partial charge in [0.05, 0.1) is 18.3 Å². The molecule has 0 aliphatic rings. The van der Waals surface area contributed by atoms with Gasteiger partial charge in [0.25, 0.3) is 5.91 Å². The number of rotatable bonds is 13. The van der Waals surface area contributed by atoms with E-state index in [0.717, 1.165) is 23.6 Å². The highest BCUT2D eigenvalue weighted by Gasteiger charge is 2.32. The van der Waals surface area contributed by atoms with E-state index in [1.54, 1.807) is 0 Å². The number of hydrogen-bond acceptors (Lipinski definition) is 8.